The van der Waals surface area contributed by atoms with Crippen LogP contribution in [0.25, 0.3) is 0 Å². The molecule has 3 aliphatic heterocycles. The summed E-state index contributed by atoms with van der Waals surface area (Å²) < 4.78 is 55.1. The van der Waals surface area contributed by atoms with Gasteiger partial charge in [-0.3, -0.25) is 9.59 Å². The maximum Gasteiger partial charge on any atom is 0.416 e. The monoisotopic (exact) mass is 612 g/mol. The van der Waals surface area contributed by atoms with Crippen LogP contribution >= 0.6 is 11.6 Å². The lowest BCUT2D eigenvalue weighted by molar-refractivity contribution is -0.145. The highest BCUT2D eigenvalue weighted by molar-refractivity contribution is 6.31. The van der Waals surface area contributed by atoms with Gasteiger partial charge in [-0.25, -0.2) is 9.97 Å². The van der Waals surface area contributed by atoms with E-state index in [4.69, 9.17) is 17.3 Å². The molecule has 15 heteroatoms. The molecule has 4 heterocycles. The van der Waals surface area contributed by atoms with Crippen molar-refractivity contribution in [2.45, 2.75) is 37.5 Å². The van der Waals surface area contributed by atoms with Gasteiger partial charge in [0, 0.05) is 56.5 Å². The molecule has 42 heavy (non-hydrogen) atoms. The number of nitrogens with one attached hydrogen (secondary N) is 1. The third-order valence-corrected chi connectivity index (χ3v) is 8.47. The van der Waals surface area contributed by atoms with Crippen molar-refractivity contribution in [1.29, 1.82) is 0 Å². The molecule has 3 saturated heterocycles. The Morgan fingerprint density at radius 3 is 2.52 bits per heavy atom. The number of amides is 2. The van der Waals surface area contributed by atoms with Gasteiger partial charge in [0.15, 0.2) is 11.6 Å². The van der Waals surface area contributed by atoms with E-state index in [-0.39, 0.29) is 40.7 Å². The minimum Gasteiger partial charge on any atom is -0.381 e. The number of aromatic nitrogens is 2. The van der Waals surface area contributed by atoms with E-state index in [1.165, 1.54) is 6.07 Å². The van der Waals surface area contributed by atoms with E-state index in [1.54, 1.807) is 9.80 Å². The molecule has 5 rings (SSSR count). The second kappa shape index (κ2) is 12.1. The van der Waals surface area contributed by atoms with Gasteiger partial charge in [-0.2, -0.15) is 17.6 Å². The fourth-order valence-corrected chi connectivity index (χ4v) is 6.22. The number of piperidine rings is 2. The summed E-state index contributed by atoms with van der Waals surface area (Å²) in [6, 6.07) is 1.63. The SMILES string of the molecule is CN1CCN(C(=O)[C@H]2CCN(c3ncnc(N)c3F)C[C@@H]2N2CCC[C@@H](Nc3cc(Cl)cc(C(F)(F)F)c3)C2=O)CC1. The summed E-state index contributed by atoms with van der Waals surface area (Å²) in [6.45, 7) is 3.39. The molecule has 228 valence electrons. The van der Waals surface area contributed by atoms with Crippen LogP contribution in [-0.2, 0) is 15.8 Å². The van der Waals surface area contributed by atoms with Gasteiger partial charge in [-0.05, 0) is 44.5 Å². The second-order valence-electron chi connectivity index (χ2n) is 11.0. The van der Waals surface area contributed by atoms with Gasteiger partial charge in [-0.15, -0.1) is 0 Å². The fraction of sp³-hybridized carbons (Fsp3) is 0.556. The number of halogens is 5. The Morgan fingerprint density at radius 1 is 1.07 bits per heavy atom. The average Bonchev–Trinajstić information content (AvgIpc) is 2.95. The number of hydrogen-bond donors (Lipinski definition) is 2. The predicted octanol–water partition coefficient (Wildman–Crippen LogP) is 2.94. The predicted molar refractivity (Wildman–Crippen MR) is 149 cm³/mol. The van der Waals surface area contributed by atoms with E-state index < -0.39 is 35.6 Å². The number of nitrogens with zero attached hydrogens (tertiary/aromatic N) is 6. The molecule has 10 nitrogen and oxygen atoms in total. The fourth-order valence-electron chi connectivity index (χ4n) is 5.98. The molecule has 0 spiro atoms. The number of alkyl halides is 3. The van der Waals surface area contributed by atoms with Gasteiger partial charge in [0.1, 0.15) is 12.4 Å². The van der Waals surface area contributed by atoms with Crippen LogP contribution < -0.4 is 16.0 Å². The van der Waals surface area contributed by atoms with Crippen molar-refractivity contribution in [2.24, 2.45) is 5.92 Å². The van der Waals surface area contributed by atoms with Gasteiger partial charge < -0.3 is 30.7 Å². The van der Waals surface area contributed by atoms with E-state index in [1.807, 2.05) is 11.9 Å². The van der Waals surface area contributed by atoms with Crippen molar-refractivity contribution in [3.05, 3.63) is 40.9 Å². The first-order valence-corrected chi connectivity index (χ1v) is 14.2. The molecular weight excluding hydrogens is 580 g/mol. The second-order valence-corrected chi connectivity index (χ2v) is 11.5. The first-order valence-electron chi connectivity index (χ1n) is 13.9. The number of nitrogen functional groups attached to an aromatic ring is 1. The first kappa shape index (κ1) is 30.1. The number of piperazine rings is 1. The minimum absolute atomic E-state index is 0.00395. The highest BCUT2D eigenvalue weighted by Crippen LogP contribution is 2.35. The molecule has 1 aromatic heterocycles. The molecule has 0 saturated carbocycles. The number of rotatable bonds is 5. The number of anilines is 3. The van der Waals surface area contributed by atoms with Crippen molar-refractivity contribution in [1.82, 2.24) is 24.7 Å². The summed E-state index contributed by atoms with van der Waals surface area (Å²) in [5.74, 6) is -2.03. The topological polar surface area (TPSA) is 111 Å². The van der Waals surface area contributed by atoms with Crippen LogP contribution in [0, 0.1) is 11.7 Å². The summed E-state index contributed by atoms with van der Waals surface area (Å²) in [4.78, 5) is 42.7. The lowest BCUT2D eigenvalue weighted by Crippen LogP contribution is -2.63. The summed E-state index contributed by atoms with van der Waals surface area (Å²) in [6.07, 6.45) is -2.16. The molecule has 3 aliphatic rings. The van der Waals surface area contributed by atoms with E-state index >= 15 is 0 Å². The van der Waals surface area contributed by atoms with Crippen molar-refractivity contribution in [3.8, 4) is 0 Å². The molecule has 2 aromatic rings. The highest BCUT2D eigenvalue weighted by atomic mass is 35.5. The molecule has 2 amide bonds. The third-order valence-electron chi connectivity index (χ3n) is 8.25. The van der Waals surface area contributed by atoms with Gasteiger partial charge >= 0.3 is 6.18 Å². The quantitative estimate of drug-likeness (QED) is 0.496. The first-order chi connectivity index (χ1) is 19.9. The van der Waals surface area contributed by atoms with Crippen molar-refractivity contribution < 1.29 is 27.2 Å². The molecule has 0 unspecified atom stereocenters. The molecule has 0 bridgehead atoms. The Labute approximate surface area is 245 Å². The van der Waals surface area contributed by atoms with Crippen LogP contribution in [0.4, 0.5) is 34.9 Å². The van der Waals surface area contributed by atoms with E-state index in [2.05, 4.69) is 20.2 Å². The van der Waals surface area contributed by atoms with Gasteiger partial charge in [-0.1, -0.05) is 11.6 Å². The zero-order valence-electron chi connectivity index (χ0n) is 23.1. The van der Waals surface area contributed by atoms with E-state index in [9.17, 15) is 27.2 Å². The van der Waals surface area contributed by atoms with E-state index in [0.717, 1.165) is 31.5 Å². The average molecular weight is 613 g/mol. The summed E-state index contributed by atoms with van der Waals surface area (Å²) >= 11 is 5.96. The van der Waals surface area contributed by atoms with Crippen LogP contribution in [-0.4, -0.2) is 101 Å². The van der Waals surface area contributed by atoms with Crippen LogP contribution in [0.5, 0.6) is 0 Å². The number of likely N-dealkylation sites (tertiary alicyclic amines) is 1. The maximum atomic E-state index is 14.9. The molecule has 1 aromatic carbocycles. The van der Waals surface area contributed by atoms with Gasteiger partial charge in [0.05, 0.1) is 17.5 Å². The van der Waals surface area contributed by atoms with Gasteiger partial charge in [0.2, 0.25) is 17.6 Å². The summed E-state index contributed by atoms with van der Waals surface area (Å²) in [7, 11) is 1.99. The zero-order valence-corrected chi connectivity index (χ0v) is 23.8. The van der Waals surface area contributed by atoms with Crippen molar-refractivity contribution in [3.63, 3.8) is 0 Å². The molecular formula is C27H33ClF4N8O2. The molecule has 0 aliphatic carbocycles. The molecule has 3 N–H and O–H groups in total. The summed E-state index contributed by atoms with van der Waals surface area (Å²) in [5, 5.41) is 2.83. The normalized spacial score (nSPS) is 24.2. The largest absolute Gasteiger partial charge is 0.416 e. The number of nitrogens with two attached hydrogens (primary N) is 1. The Hall–Kier alpha value is -3.39. The minimum atomic E-state index is -4.61. The Balaban J connectivity index is 1.41. The lowest BCUT2D eigenvalue weighted by Gasteiger charge is -2.47. The third kappa shape index (κ3) is 6.33. The van der Waals surface area contributed by atoms with Crippen LogP contribution in [0.1, 0.15) is 24.8 Å². The van der Waals surface area contributed by atoms with Crippen molar-refractivity contribution >= 4 is 40.7 Å². The summed E-state index contributed by atoms with van der Waals surface area (Å²) in [5.41, 5.74) is 4.83. The van der Waals surface area contributed by atoms with Crippen LogP contribution in [0.2, 0.25) is 5.02 Å². The van der Waals surface area contributed by atoms with Crippen LogP contribution in [0.15, 0.2) is 24.5 Å². The Bertz CT molecular complexity index is 1320. The van der Waals surface area contributed by atoms with Crippen LogP contribution in [0.3, 0.4) is 0 Å². The zero-order chi connectivity index (χ0) is 30.2. The maximum absolute atomic E-state index is 14.9. The number of carbonyl (C=O) groups is 2. The molecule has 0 radical (unpaired) electrons. The Kier molecular flexibility index (Phi) is 8.65. The number of hydrogen-bond acceptors (Lipinski definition) is 8. The number of benzene rings is 1. The smallest absolute Gasteiger partial charge is 0.381 e. The molecule has 3 fully saturated rings. The lowest BCUT2D eigenvalue weighted by atomic mass is 9.86. The standard InChI is InChI=1S/C27H33ClF4N8O2/c1-37-7-9-38(10-8-37)25(41)19-4-6-39(24-22(29)23(33)34-15-35-24)14-21(19)40-5-2-3-20(26(40)42)36-18-12-16(27(30,31)32)11-17(28)13-18/h11-13,15,19-21,36H,2-10,14H2,1H3,(H2,33,34,35)/t19-,20+,21-/m0/s1. The molecule has 3 atom stereocenters. The number of carbonyl (C=O) groups excluding carboxylic acids is 2. The Morgan fingerprint density at radius 2 is 1.81 bits per heavy atom. The number of likely N-dealkylation sites (N-methyl/N-ethyl adjacent to an activating group) is 1. The highest BCUT2D eigenvalue weighted by Gasteiger charge is 2.45. The van der Waals surface area contributed by atoms with E-state index in [0.29, 0.717) is 45.4 Å². The van der Waals surface area contributed by atoms with Gasteiger partial charge in [0.25, 0.3) is 0 Å². The van der Waals surface area contributed by atoms with Crippen molar-refractivity contribution in [2.75, 3.05) is 68.8 Å².